The fraction of sp³-hybridized carbons (Fsp3) is 0.421. The fourth-order valence-corrected chi connectivity index (χ4v) is 3.29. The number of aliphatic hydroxyl groups excluding tert-OH is 1. The number of hydrogen-bond donors (Lipinski definition) is 2. The van der Waals surface area contributed by atoms with Gasteiger partial charge in [0.05, 0.1) is 19.2 Å². The lowest BCUT2D eigenvalue weighted by Gasteiger charge is -2.41. The predicted octanol–water partition coefficient (Wildman–Crippen LogP) is 1.62. The first-order valence-corrected chi connectivity index (χ1v) is 8.59. The summed E-state index contributed by atoms with van der Waals surface area (Å²) in [7, 11) is 0. The lowest BCUT2D eigenvalue weighted by atomic mass is 10.1. The number of nitrogens with zero attached hydrogens (tertiary/aromatic N) is 2. The van der Waals surface area contributed by atoms with Crippen molar-refractivity contribution < 1.29 is 19.4 Å². The maximum absolute atomic E-state index is 12.6. The molecule has 6 nitrogen and oxygen atoms in total. The Labute approximate surface area is 147 Å². The van der Waals surface area contributed by atoms with Crippen LogP contribution in [0.3, 0.4) is 0 Å². The van der Waals surface area contributed by atoms with E-state index >= 15 is 0 Å². The highest BCUT2D eigenvalue weighted by molar-refractivity contribution is 5.79. The highest BCUT2D eigenvalue weighted by Gasteiger charge is 2.29. The van der Waals surface area contributed by atoms with Gasteiger partial charge in [0.15, 0.2) is 0 Å². The summed E-state index contributed by atoms with van der Waals surface area (Å²) in [6, 6.07) is 10.8. The van der Waals surface area contributed by atoms with E-state index < -0.39 is 0 Å². The van der Waals surface area contributed by atoms with Gasteiger partial charge in [-0.2, -0.15) is 0 Å². The third-order valence-corrected chi connectivity index (χ3v) is 4.69. The van der Waals surface area contributed by atoms with Crippen molar-refractivity contribution in [3.8, 4) is 5.75 Å². The van der Waals surface area contributed by atoms with Gasteiger partial charge >= 0.3 is 0 Å². The van der Waals surface area contributed by atoms with Crippen molar-refractivity contribution in [1.29, 1.82) is 0 Å². The van der Waals surface area contributed by atoms with Crippen LogP contribution in [-0.2, 0) is 17.8 Å². The Morgan fingerprint density at radius 2 is 2.04 bits per heavy atom. The van der Waals surface area contributed by atoms with Gasteiger partial charge in [-0.3, -0.25) is 9.69 Å². The molecule has 2 N–H and O–H groups in total. The molecule has 2 aromatic rings. The fourth-order valence-electron chi connectivity index (χ4n) is 3.29. The monoisotopic (exact) mass is 344 g/mol. The van der Waals surface area contributed by atoms with Crippen LogP contribution in [0.4, 0.5) is 0 Å². The second-order valence-corrected chi connectivity index (χ2v) is 6.36. The number of piperazine rings is 1. The first-order chi connectivity index (χ1) is 12.2. The van der Waals surface area contributed by atoms with Crippen LogP contribution in [-0.4, -0.2) is 58.2 Å². The quantitative estimate of drug-likeness (QED) is 0.833. The first kappa shape index (κ1) is 17.5. The van der Waals surface area contributed by atoms with Gasteiger partial charge in [0.2, 0.25) is 5.91 Å². The van der Waals surface area contributed by atoms with Gasteiger partial charge < -0.3 is 19.5 Å². The Morgan fingerprint density at radius 3 is 2.76 bits per heavy atom. The number of phenolic OH excluding ortho intramolecular Hbond substituents is 1. The van der Waals surface area contributed by atoms with Crippen LogP contribution in [0.5, 0.6) is 5.75 Å². The number of furan rings is 1. The highest BCUT2D eigenvalue weighted by atomic mass is 16.3. The van der Waals surface area contributed by atoms with Gasteiger partial charge in [-0.15, -0.1) is 0 Å². The van der Waals surface area contributed by atoms with E-state index in [4.69, 9.17) is 4.42 Å². The minimum atomic E-state index is 0.00193. The normalized spacial score (nSPS) is 18.4. The summed E-state index contributed by atoms with van der Waals surface area (Å²) in [4.78, 5) is 16.7. The number of aromatic hydroxyl groups is 1. The van der Waals surface area contributed by atoms with E-state index in [1.807, 2.05) is 23.1 Å². The van der Waals surface area contributed by atoms with Gasteiger partial charge in [-0.1, -0.05) is 18.2 Å². The molecule has 0 unspecified atom stereocenters. The second kappa shape index (κ2) is 8.18. The maximum Gasteiger partial charge on any atom is 0.227 e. The van der Waals surface area contributed by atoms with E-state index in [0.29, 0.717) is 31.6 Å². The van der Waals surface area contributed by atoms with Gasteiger partial charge in [0.25, 0.3) is 0 Å². The second-order valence-electron chi connectivity index (χ2n) is 6.36. The van der Waals surface area contributed by atoms with Gasteiger partial charge in [-0.05, 0) is 24.6 Å². The number of aliphatic hydroxyl groups is 1. The predicted molar refractivity (Wildman–Crippen MR) is 93.0 cm³/mol. The SMILES string of the molecule is O=C(Cc1ccccc1O)N1CCN(Cc2ccco2)[C@@H](CCO)C1. The highest BCUT2D eigenvalue weighted by Crippen LogP contribution is 2.20. The van der Waals surface area contributed by atoms with Crippen molar-refractivity contribution in [1.82, 2.24) is 9.80 Å². The molecule has 1 aliphatic rings. The van der Waals surface area contributed by atoms with Gasteiger partial charge in [-0.25, -0.2) is 0 Å². The van der Waals surface area contributed by atoms with Crippen LogP contribution in [0.15, 0.2) is 47.1 Å². The average molecular weight is 344 g/mol. The molecule has 3 rings (SSSR count). The van der Waals surface area contributed by atoms with Crippen molar-refractivity contribution in [3.63, 3.8) is 0 Å². The van der Waals surface area contributed by atoms with Crippen molar-refractivity contribution in [3.05, 3.63) is 54.0 Å². The minimum absolute atomic E-state index is 0.00193. The molecule has 1 fully saturated rings. The number of amides is 1. The van der Waals surface area contributed by atoms with E-state index in [-0.39, 0.29) is 30.7 Å². The molecule has 1 atom stereocenters. The third-order valence-electron chi connectivity index (χ3n) is 4.69. The van der Waals surface area contributed by atoms with E-state index in [1.165, 1.54) is 0 Å². The summed E-state index contributed by atoms with van der Waals surface area (Å²) in [5.41, 5.74) is 0.643. The van der Waals surface area contributed by atoms with Crippen LogP contribution < -0.4 is 0 Å². The zero-order valence-corrected chi connectivity index (χ0v) is 14.2. The smallest absolute Gasteiger partial charge is 0.227 e. The standard InChI is InChI=1S/C19H24N2O4/c22-10-7-16-13-21(9-8-20(16)14-17-5-3-11-25-17)19(24)12-15-4-1-2-6-18(15)23/h1-6,11,16,22-23H,7-10,12-14H2/t16-/m0/s1. The maximum atomic E-state index is 12.6. The number of carbonyl (C=O) groups excluding carboxylic acids is 1. The molecule has 1 saturated heterocycles. The number of carbonyl (C=O) groups is 1. The largest absolute Gasteiger partial charge is 0.508 e. The van der Waals surface area contributed by atoms with E-state index in [9.17, 15) is 15.0 Å². The first-order valence-electron chi connectivity index (χ1n) is 8.59. The number of hydrogen-bond acceptors (Lipinski definition) is 5. The van der Waals surface area contributed by atoms with Crippen molar-refractivity contribution in [2.24, 2.45) is 0 Å². The number of para-hydroxylation sites is 1. The van der Waals surface area contributed by atoms with Crippen molar-refractivity contribution in [2.45, 2.75) is 25.4 Å². The summed E-state index contributed by atoms with van der Waals surface area (Å²) >= 11 is 0. The van der Waals surface area contributed by atoms with Crippen molar-refractivity contribution >= 4 is 5.91 Å². The zero-order valence-electron chi connectivity index (χ0n) is 14.2. The van der Waals surface area contributed by atoms with Gasteiger partial charge in [0, 0.05) is 37.8 Å². The molecule has 6 heteroatoms. The molecule has 0 radical (unpaired) electrons. The summed E-state index contributed by atoms with van der Waals surface area (Å²) in [6.07, 6.45) is 2.46. The van der Waals surface area contributed by atoms with Crippen LogP contribution in [0.2, 0.25) is 0 Å². The van der Waals surface area contributed by atoms with Crippen LogP contribution in [0, 0.1) is 0 Å². The van der Waals surface area contributed by atoms with E-state index in [2.05, 4.69) is 4.90 Å². The van der Waals surface area contributed by atoms with Crippen LogP contribution in [0.25, 0.3) is 0 Å². The van der Waals surface area contributed by atoms with Gasteiger partial charge in [0.1, 0.15) is 11.5 Å². The molecule has 0 spiro atoms. The Kier molecular flexibility index (Phi) is 5.73. The van der Waals surface area contributed by atoms with E-state index in [0.717, 1.165) is 12.3 Å². The summed E-state index contributed by atoms with van der Waals surface area (Å²) in [6.45, 7) is 2.71. The topological polar surface area (TPSA) is 77.2 Å². The molecular weight excluding hydrogens is 320 g/mol. The summed E-state index contributed by atoms with van der Waals surface area (Å²) < 4.78 is 5.42. The average Bonchev–Trinajstić information content (AvgIpc) is 3.12. The number of phenols is 1. The summed E-state index contributed by atoms with van der Waals surface area (Å²) in [5.74, 6) is 1.04. The third kappa shape index (κ3) is 4.41. The lowest BCUT2D eigenvalue weighted by molar-refractivity contribution is -0.134. The molecule has 1 amide bonds. The zero-order chi connectivity index (χ0) is 17.6. The molecule has 1 aromatic carbocycles. The molecule has 134 valence electrons. The lowest BCUT2D eigenvalue weighted by Crippen LogP contribution is -2.54. The number of benzene rings is 1. The molecule has 0 aliphatic carbocycles. The van der Waals surface area contributed by atoms with E-state index in [1.54, 1.807) is 24.5 Å². The molecule has 1 aliphatic heterocycles. The Bertz CT molecular complexity index is 686. The van der Waals surface area contributed by atoms with Crippen LogP contribution in [0.1, 0.15) is 17.7 Å². The molecule has 0 saturated carbocycles. The van der Waals surface area contributed by atoms with Crippen LogP contribution >= 0.6 is 0 Å². The molecule has 0 bridgehead atoms. The number of rotatable bonds is 6. The molecule has 2 heterocycles. The molecular formula is C19H24N2O4. The Morgan fingerprint density at radius 1 is 1.20 bits per heavy atom. The molecule has 1 aromatic heterocycles. The minimum Gasteiger partial charge on any atom is -0.508 e. The molecule has 25 heavy (non-hydrogen) atoms. The summed E-state index contributed by atoms with van der Waals surface area (Å²) in [5, 5.41) is 19.2. The Hall–Kier alpha value is -2.31. The Balaban J connectivity index is 1.62. The van der Waals surface area contributed by atoms with Crippen molar-refractivity contribution in [2.75, 3.05) is 26.2 Å².